The van der Waals surface area contributed by atoms with Gasteiger partial charge in [-0.2, -0.15) is 0 Å². The molecular formula is C21H21NO3S. The van der Waals surface area contributed by atoms with Gasteiger partial charge in [-0.1, -0.05) is 24.3 Å². The van der Waals surface area contributed by atoms with Gasteiger partial charge in [0, 0.05) is 16.5 Å². The maximum atomic E-state index is 12.8. The van der Waals surface area contributed by atoms with E-state index in [1.165, 1.54) is 0 Å². The van der Waals surface area contributed by atoms with Crippen LogP contribution in [0.25, 0.3) is 6.08 Å². The Morgan fingerprint density at radius 3 is 2.77 bits per heavy atom. The molecule has 0 spiro atoms. The van der Waals surface area contributed by atoms with Crippen LogP contribution in [0.2, 0.25) is 0 Å². The highest BCUT2D eigenvalue weighted by Crippen LogP contribution is 2.20. The molecule has 5 heteroatoms. The summed E-state index contributed by atoms with van der Waals surface area (Å²) in [6.07, 6.45) is 5.02. The van der Waals surface area contributed by atoms with Gasteiger partial charge in [0.05, 0.1) is 26.0 Å². The molecule has 0 radical (unpaired) electrons. The van der Waals surface area contributed by atoms with E-state index >= 15 is 0 Å². The average Bonchev–Trinajstić information content (AvgIpc) is 3.34. The highest BCUT2D eigenvalue weighted by atomic mass is 32.1. The highest BCUT2D eigenvalue weighted by Gasteiger charge is 2.14. The van der Waals surface area contributed by atoms with Gasteiger partial charge in [0.2, 0.25) is 5.91 Å². The zero-order valence-corrected chi connectivity index (χ0v) is 15.4. The number of benzene rings is 1. The lowest BCUT2D eigenvalue weighted by Gasteiger charge is -2.19. The molecule has 2 heterocycles. The van der Waals surface area contributed by atoms with E-state index in [9.17, 15) is 4.79 Å². The van der Waals surface area contributed by atoms with Crippen molar-refractivity contribution in [3.63, 3.8) is 0 Å². The van der Waals surface area contributed by atoms with E-state index in [1.807, 2.05) is 60.8 Å². The molecule has 3 rings (SSSR count). The van der Waals surface area contributed by atoms with Crippen LogP contribution in [0, 0.1) is 0 Å². The minimum absolute atomic E-state index is 0.0684. The molecule has 0 atom stereocenters. The monoisotopic (exact) mass is 367 g/mol. The van der Waals surface area contributed by atoms with Crippen LogP contribution in [0.1, 0.15) is 23.1 Å². The lowest BCUT2D eigenvalue weighted by Crippen LogP contribution is -2.28. The highest BCUT2D eigenvalue weighted by molar-refractivity contribution is 7.09. The molecule has 0 saturated heterocycles. The Bertz CT molecular complexity index is 802. The molecule has 3 aromatic rings. The minimum Gasteiger partial charge on any atom is -0.493 e. The van der Waals surface area contributed by atoms with Gasteiger partial charge >= 0.3 is 0 Å². The number of carbonyl (C=O) groups excluding carboxylic acids is 1. The van der Waals surface area contributed by atoms with E-state index in [-0.39, 0.29) is 5.91 Å². The van der Waals surface area contributed by atoms with Crippen LogP contribution in [-0.4, -0.2) is 17.4 Å². The standard InChI is InChI=1S/C21H21NO3S/c1-2-24-20-10-4-3-7-17(20)11-12-21(23)22(15-18-8-5-13-25-18)16-19-9-6-14-26-19/h3-14H,2,15-16H2,1H3/b12-11+. The second-order valence-corrected chi connectivity index (χ2v) is 6.69. The first-order valence-electron chi connectivity index (χ1n) is 8.50. The van der Waals surface area contributed by atoms with E-state index in [4.69, 9.17) is 9.15 Å². The molecule has 0 unspecified atom stereocenters. The van der Waals surface area contributed by atoms with Gasteiger partial charge in [-0.15, -0.1) is 11.3 Å². The SMILES string of the molecule is CCOc1ccccc1/C=C/C(=O)N(Cc1ccco1)Cc1cccs1. The summed E-state index contributed by atoms with van der Waals surface area (Å²) in [6.45, 7) is 3.51. The molecule has 0 N–H and O–H groups in total. The third-order valence-corrected chi connectivity index (χ3v) is 4.65. The Balaban J connectivity index is 1.76. The summed E-state index contributed by atoms with van der Waals surface area (Å²) >= 11 is 1.64. The summed E-state index contributed by atoms with van der Waals surface area (Å²) in [7, 11) is 0. The molecule has 2 aromatic heterocycles. The molecule has 0 fully saturated rings. The van der Waals surface area contributed by atoms with Crippen molar-refractivity contribution in [2.45, 2.75) is 20.0 Å². The summed E-state index contributed by atoms with van der Waals surface area (Å²) in [5.74, 6) is 1.47. The molecule has 134 valence electrons. The molecular weight excluding hydrogens is 346 g/mol. The molecule has 1 aromatic carbocycles. The summed E-state index contributed by atoms with van der Waals surface area (Å²) in [5, 5.41) is 2.01. The topological polar surface area (TPSA) is 42.7 Å². The Kier molecular flexibility index (Phi) is 6.28. The first-order chi connectivity index (χ1) is 12.8. The lowest BCUT2D eigenvalue weighted by atomic mass is 10.2. The van der Waals surface area contributed by atoms with Crippen LogP contribution in [0.15, 0.2) is 70.7 Å². The van der Waals surface area contributed by atoms with Gasteiger partial charge in [-0.05, 0) is 42.6 Å². The number of furan rings is 1. The number of amides is 1. The van der Waals surface area contributed by atoms with Crippen molar-refractivity contribution < 1.29 is 13.9 Å². The van der Waals surface area contributed by atoms with Gasteiger partial charge < -0.3 is 14.1 Å². The number of hydrogen-bond acceptors (Lipinski definition) is 4. The molecule has 0 saturated carbocycles. The zero-order chi connectivity index (χ0) is 18.2. The van der Waals surface area contributed by atoms with E-state index in [0.717, 1.165) is 22.0 Å². The second-order valence-electron chi connectivity index (χ2n) is 5.66. The van der Waals surface area contributed by atoms with E-state index in [0.29, 0.717) is 19.7 Å². The van der Waals surface area contributed by atoms with Crippen molar-refractivity contribution in [1.29, 1.82) is 0 Å². The Labute approximate surface area is 157 Å². The maximum Gasteiger partial charge on any atom is 0.247 e. The first kappa shape index (κ1) is 18.0. The zero-order valence-electron chi connectivity index (χ0n) is 14.6. The van der Waals surface area contributed by atoms with Crippen molar-refractivity contribution in [3.8, 4) is 5.75 Å². The second kappa shape index (κ2) is 9.06. The Morgan fingerprint density at radius 2 is 2.04 bits per heavy atom. The summed E-state index contributed by atoms with van der Waals surface area (Å²) < 4.78 is 11.0. The van der Waals surface area contributed by atoms with Crippen LogP contribution < -0.4 is 4.74 Å². The minimum atomic E-state index is -0.0684. The van der Waals surface area contributed by atoms with Crippen molar-refractivity contribution in [2.24, 2.45) is 0 Å². The molecule has 0 aliphatic rings. The van der Waals surface area contributed by atoms with E-state index in [2.05, 4.69) is 0 Å². The fraction of sp³-hybridized carbons (Fsp3) is 0.190. The lowest BCUT2D eigenvalue weighted by molar-refractivity contribution is -0.127. The molecule has 26 heavy (non-hydrogen) atoms. The smallest absolute Gasteiger partial charge is 0.247 e. The van der Waals surface area contributed by atoms with Crippen LogP contribution in [0.4, 0.5) is 0 Å². The first-order valence-corrected chi connectivity index (χ1v) is 9.38. The van der Waals surface area contributed by atoms with Gasteiger partial charge in [0.1, 0.15) is 11.5 Å². The molecule has 0 aliphatic heterocycles. The Morgan fingerprint density at radius 1 is 1.15 bits per heavy atom. The molecule has 1 amide bonds. The predicted octanol–water partition coefficient (Wildman–Crippen LogP) is 4.98. The summed E-state index contributed by atoms with van der Waals surface area (Å²) in [4.78, 5) is 15.7. The van der Waals surface area contributed by atoms with Gasteiger partial charge in [-0.3, -0.25) is 4.79 Å². The van der Waals surface area contributed by atoms with Gasteiger partial charge in [0.25, 0.3) is 0 Å². The number of rotatable bonds is 8. The summed E-state index contributed by atoms with van der Waals surface area (Å²) in [6, 6.07) is 15.4. The Hall–Kier alpha value is -2.79. The molecule has 0 aliphatic carbocycles. The number of carbonyl (C=O) groups is 1. The van der Waals surface area contributed by atoms with E-state index in [1.54, 1.807) is 34.7 Å². The van der Waals surface area contributed by atoms with Crippen LogP contribution >= 0.6 is 11.3 Å². The summed E-state index contributed by atoms with van der Waals surface area (Å²) in [5.41, 5.74) is 0.886. The molecule has 0 bridgehead atoms. The fourth-order valence-corrected chi connectivity index (χ4v) is 3.28. The van der Waals surface area contributed by atoms with Crippen LogP contribution in [-0.2, 0) is 17.9 Å². The number of thiophene rings is 1. The fourth-order valence-electron chi connectivity index (χ4n) is 2.56. The number of ether oxygens (including phenoxy) is 1. The number of nitrogens with zero attached hydrogens (tertiary/aromatic N) is 1. The average molecular weight is 367 g/mol. The predicted molar refractivity (Wildman–Crippen MR) is 104 cm³/mol. The van der Waals surface area contributed by atoms with Crippen molar-refractivity contribution >= 4 is 23.3 Å². The maximum absolute atomic E-state index is 12.8. The van der Waals surface area contributed by atoms with E-state index < -0.39 is 0 Å². The van der Waals surface area contributed by atoms with Crippen molar-refractivity contribution in [3.05, 3.63) is 82.5 Å². The third-order valence-electron chi connectivity index (χ3n) is 3.79. The van der Waals surface area contributed by atoms with Crippen LogP contribution in [0.5, 0.6) is 5.75 Å². The van der Waals surface area contributed by atoms with Crippen LogP contribution in [0.3, 0.4) is 0 Å². The largest absolute Gasteiger partial charge is 0.493 e. The van der Waals surface area contributed by atoms with Crippen molar-refractivity contribution in [2.75, 3.05) is 6.61 Å². The number of hydrogen-bond donors (Lipinski definition) is 0. The van der Waals surface area contributed by atoms with Gasteiger partial charge in [0.15, 0.2) is 0 Å². The van der Waals surface area contributed by atoms with Gasteiger partial charge in [-0.25, -0.2) is 0 Å². The van der Waals surface area contributed by atoms with Crippen molar-refractivity contribution in [1.82, 2.24) is 4.90 Å². The third kappa shape index (κ3) is 4.86. The molecule has 4 nitrogen and oxygen atoms in total. The number of para-hydroxylation sites is 1. The normalized spacial score (nSPS) is 11.0. The quantitative estimate of drug-likeness (QED) is 0.527.